The van der Waals surface area contributed by atoms with E-state index in [0.29, 0.717) is 6.54 Å². The van der Waals surface area contributed by atoms with Gasteiger partial charge in [-0.3, -0.25) is 4.98 Å². The second kappa shape index (κ2) is 5.70. The molecule has 106 valence electrons. The summed E-state index contributed by atoms with van der Waals surface area (Å²) in [5.41, 5.74) is 13.7. The number of hydrogen-bond acceptors (Lipinski definition) is 5. The second-order valence-electron chi connectivity index (χ2n) is 4.59. The van der Waals surface area contributed by atoms with Crippen LogP contribution in [0.25, 0.3) is 11.3 Å². The van der Waals surface area contributed by atoms with Crippen molar-refractivity contribution in [3.63, 3.8) is 0 Å². The van der Waals surface area contributed by atoms with E-state index in [-0.39, 0.29) is 10.9 Å². The maximum atomic E-state index is 11.4. The van der Waals surface area contributed by atoms with Crippen LogP contribution in [0.1, 0.15) is 11.7 Å². The minimum atomic E-state index is -3.18. The molecule has 1 unspecified atom stereocenters. The standard InChI is InChI=1S/C14H17N3O2S/c1-20(18,19)11-7-5-10(6-8-11)13-3-2-4-14(17-13)12(16)9-15/h2-8,12H,9,15-16H2,1H3. The maximum Gasteiger partial charge on any atom is 0.175 e. The summed E-state index contributed by atoms with van der Waals surface area (Å²) in [7, 11) is -3.18. The molecule has 0 aliphatic rings. The summed E-state index contributed by atoms with van der Waals surface area (Å²) < 4.78 is 22.8. The lowest BCUT2D eigenvalue weighted by Gasteiger charge is -2.10. The van der Waals surface area contributed by atoms with E-state index in [2.05, 4.69) is 4.98 Å². The van der Waals surface area contributed by atoms with Crippen molar-refractivity contribution in [1.82, 2.24) is 4.98 Å². The van der Waals surface area contributed by atoms with Crippen molar-refractivity contribution in [3.05, 3.63) is 48.2 Å². The van der Waals surface area contributed by atoms with Crippen molar-refractivity contribution in [2.75, 3.05) is 12.8 Å². The van der Waals surface area contributed by atoms with Crippen LogP contribution in [0.5, 0.6) is 0 Å². The molecule has 5 nitrogen and oxygen atoms in total. The third-order valence-electron chi connectivity index (χ3n) is 2.98. The van der Waals surface area contributed by atoms with Crippen LogP contribution in [0, 0.1) is 0 Å². The highest BCUT2D eigenvalue weighted by atomic mass is 32.2. The van der Waals surface area contributed by atoms with E-state index < -0.39 is 9.84 Å². The highest BCUT2D eigenvalue weighted by Gasteiger charge is 2.09. The maximum absolute atomic E-state index is 11.4. The Morgan fingerprint density at radius 2 is 1.80 bits per heavy atom. The fourth-order valence-electron chi connectivity index (χ4n) is 1.81. The molecule has 1 aromatic carbocycles. The smallest absolute Gasteiger partial charge is 0.175 e. The number of pyridine rings is 1. The van der Waals surface area contributed by atoms with Gasteiger partial charge in [-0.05, 0) is 24.3 Å². The zero-order valence-electron chi connectivity index (χ0n) is 11.2. The molecule has 0 radical (unpaired) electrons. The van der Waals surface area contributed by atoms with Crippen molar-refractivity contribution in [2.45, 2.75) is 10.9 Å². The van der Waals surface area contributed by atoms with Gasteiger partial charge in [-0.2, -0.15) is 0 Å². The van der Waals surface area contributed by atoms with Gasteiger partial charge in [-0.15, -0.1) is 0 Å². The van der Waals surface area contributed by atoms with Crippen molar-refractivity contribution < 1.29 is 8.42 Å². The van der Waals surface area contributed by atoms with Crippen LogP contribution in [0.3, 0.4) is 0 Å². The minimum Gasteiger partial charge on any atom is -0.329 e. The number of nitrogens with two attached hydrogens (primary N) is 2. The molecule has 6 heteroatoms. The van der Waals surface area contributed by atoms with Crippen LogP contribution in [-0.4, -0.2) is 26.2 Å². The first kappa shape index (κ1) is 14.6. The van der Waals surface area contributed by atoms with Crippen molar-refractivity contribution in [3.8, 4) is 11.3 Å². The van der Waals surface area contributed by atoms with Crippen molar-refractivity contribution in [2.24, 2.45) is 11.5 Å². The number of benzene rings is 1. The number of hydrogen-bond donors (Lipinski definition) is 2. The van der Waals surface area contributed by atoms with Crippen LogP contribution in [0.15, 0.2) is 47.4 Å². The molecule has 2 rings (SSSR count). The number of nitrogens with zero attached hydrogens (tertiary/aromatic N) is 1. The quantitative estimate of drug-likeness (QED) is 0.879. The lowest BCUT2D eigenvalue weighted by Crippen LogP contribution is -2.21. The summed E-state index contributed by atoms with van der Waals surface area (Å²) in [6.45, 7) is 0.323. The molecule has 0 saturated carbocycles. The minimum absolute atomic E-state index is 0.288. The molecule has 0 spiro atoms. The van der Waals surface area contributed by atoms with Gasteiger partial charge in [0.05, 0.1) is 22.3 Å². The Kier molecular flexibility index (Phi) is 4.17. The molecule has 20 heavy (non-hydrogen) atoms. The zero-order chi connectivity index (χ0) is 14.8. The Balaban J connectivity index is 2.37. The van der Waals surface area contributed by atoms with Gasteiger partial charge in [-0.1, -0.05) is 18.2 Å². The predicted octanol–water partition coefficient (Wildman–Crippen LogP) is 1.11. The Morgan fingerprint density at radius 1 is 1.15 bits per heavy atom. The van der Waals surface area contributed by atoms with Crippen LogP contribution >= 0.6 is 0 Å². The second-order valence-corrected chi connectivity index (χ2v) is 6.60. The first-order valence-corrected chi connectivity index (χ1v) is 8.04. The van der Waals surface area contributed by atoms with Gasteiger partial charge in [-0.25, -0.2) is 8.42 Å². The largest absolute Gasteiger partial charge is 0.329 e. The monoisotopic (exact) mass is 291 g/mol. The fraction of sp³-hybridized carbons (Fsp3) is 0.214. The normalized spacial score (nSPS) is 13.2. The van der Waals surface area contributed by atoms with Crippen LogP contribution < -0.4 is 11.5 Å². The van der Waals surface area contributed by atoms with Crippen molar-refractivity contribution >= 4 is 9.84 Å². The number of aromatic nitrogens is 1. The summed E-state index contributed by atoms with van der Waals surface area (Å²) >= 11 is 0. The topological polar surface area (TPSA) is 99.1 Å². The Morgan fingerprint density at radius 3 is 2.35 bits per heavy atom. The molecular formula is C14H17N3O2S. The molecule has 0 aliphatic heterocycles. The molecule has 2 aromatic rings. The summed E-state index contributed by atoms with van der Waals surface area (Å²) in [4.78, 5) is 4.74. The van der Waals surface area contributed by atoms with Gasteiger partial charge in [0.25, 0.3) is 0 Å². The molecule has 0 fully saturated rings. The summed E-state index contributed by atoms with van der Waals surface area (Å²) in [5, 5.41) is 0. The lowest BCUT2D eigenvalue weighted by molar-refractivity contribution is 0.602. The summed E-state index contributed by atoms with van der Waals surface area (Å²) in [5.74, 6) is 0. The molecule has 0 saturated heterocycles. The van der Waals surface area contributed by atoms with Gasteiger partial charge in [0.2, 0.25) is 0 Å². The first-order chi connectivity index (χ1) is 9.41. The van der Waals surface area contributed by atoms with E-state index in [1.165, 1.54) is 6.26 Å². The van der Waals surface area contributed by atoms with Gasteiger partial charge >= 0.3 is 0 Å². The third kappa shape index (κ3) is 3.22. The Bertz CT molecular complexity index is 697. The lowest BCUT2D eigenvalue weighted by atomic mass is 10.1. The molecule has 1 atom stereocenters. The Hall–Kier alpha value is -1.76. The van der Waals surface area contributed by atoms with E-state index in [4.69, 9.17) is 11.5 Å². The van der Waals surface area contributed by atoms with Gasteiger partial charge < -0.3 is 11.5 Å². The van der Waals surface area contributed by atoms with E-state index in [9.17, 15) is 8.42 Å². The third-order valence-corrected chi connectivity index (χ3v) is 4.11. The molecule has 4 N–H and O–H groups in total. The average Bonchev–Trinajstić information content (AvgIpc) is 2.46. The first-order valence-electron chi connectivity index (χ1n) is 6.15. The van der Waals surface area contributed by atoms with Gasteiger partial charge in [0, 0.05) is 18.4 Å². The van der Waals surface area contributed by atoms with Gasteiger partial charge in [0.1, 0.15) is 0 Å². The Labute approximate surface area is 118 Å². The summed E-state index contributed by atoms with van der Waals surface area (Å²) in [6.07, 6.45) is 1.18. The van der Waals surface area contributed by atoms with Crippen LogP contribution in [0.2, 0.25) is 0 Å². The molecule has 0 amide bonds. The molecule has 1 heterocycles. The van der Waals surface area contributed by atoms with E-state index in [1.54, 1.807) is 24.3 Å². The van der Waals surface area contributed by atoms with Gasteiger partial charge in [0.15, 0.2) is 9.84 Å². The molecule has 0 aliphatic carbocycles. The van der Waals surface area contributed by atoms with E-state index >= 15 is 0 Å². The molecule has 1 aromatic heterocycles. The molecular weight excluding hydrogens is 274 g/mol. The van der Waals surface area contributed by atoms with Crippen LogP contribution in [0.4, 0.5) is 0 Å². The van der Waals surface area contributed by atoms with E-state index in [0.717, 1.165) is 17.0 Å². The predicted molar refractivity (Wildman–Crippen MR) is 78.8 cm³/mol. The number of sulfone groups is 1. The number of rotatable bonds is 4. The van der Waals surface area contributed by atoms with E-state index in [1.807, 2.05) is 18.2 Å². The highest BCUT2D eigenvalue weighted by molar-refractivity contribution is 7.90. The fourth-order valence-corrected chi connectivity index (χ4v) is 2.44. The highest BCUT2D eigenvalue weighted by Crippen LogP contribution is 2.20. The van der Waals surface area contributed by atoms with Crippen LogP contribution in [-0.2, 0) is 9.84 Å². The molecule has 0 bridgehead atoms. The zero-order valence-corrected chi connectivity index (χ0v) is 12.0. The van der Waals surface area contributed by atoms with Crippen molar-refractivity contribution in [1.29, 1.82) is 0 Å². The summed E-state index contributed by atoms with van der Waals surface area (Å²) in [6, 6.07) is 11.8. The average molecular weight is 291 g/mol. The SMILES string of the molecule is CS(=O)(=O)c1ccc(-c2cccc(C(N)CN)n2)cc1.